The minimum Gasteiger partial charge on any atom is -0.339 e. The molecule has 0 radical (unpaired) electrons. The summed E-state index contributed by atoms with van der Waals surface area (Å²) in [7, 11) is 0. The zero-order chi connectivity index (χ0) is 16.5. The molecule has 0 spiro atoms. The predicted molar refractivity (Wildman–Crippen MR) is 86.3 cm³/mol. The number of amides is 1. The van der Waals surface area contributed by atoms with E-state index in [4.69, 9.17) is 4.52 Å². The molecule has 2 aromatic heterocycles. The van der Waals surface area contributed by atoms with Crippen molar-refractivity contribution in [3.8, 4) is 11.4 Å². The van der Waals surface area contributed by atoms with Gasteiger partial charge in [-0.25, -0.2) is 0 Å². The van der Waals surface area contributed by atoms with Gasteiger partial charge in [0.05, 0.1) is 5.92 Å². The SMILES string of the molecule is Cc1cc(C(=O)N2CC[C@@H](c3nc(-c4ccccc4)no3)C2)n[nH]1. The number of aryl methyl sites for hydroxylation is 1. The first-order valence-corrected chi connectivity index (χ1v) is 7.91. The largest absolute Gasteiger partial charge is 0.339 e. The Kier molecular flexibility index (Phi) is 3.60. The molecule has 0 bridgehead atoms. The minimum atomic E-state index is -0.0651. The molecule has 4 rings (SSSR count). The van der Waals surface area contributed by atoms with Gasteiger partial charge in [-0.3, -0.25) is 9.89 Å². The zero-order valence-corrected chi connectivity index (χ0v) is 13.3. The summed E-state index contributed by atoms with van der Waals surface area (Å²) in [6.45, 7) is 3.11. The highest BCUT2D eigenvalue weighted by Crippen LogP contribution is 2.28. The molecule has 7 heteroatoms. The van der Waals surface area contributed by atoms with E-state index in [1.54, 1.807) is 11.0 Å². The molecule has 1 aliphatic rings. The zero-order valence-electron chi connectivity index (χ0n) is 13.3. The van der Waals surface area contributed by atoms with Crippen LogP contribution in [0.15, 0.2) is 40.9 Å². The third kappa shape index (κ3) is 2.68. The molecule has 7 nitrogen and oxygen atoms in total. The van der Waals surface area contributed by atoms with Gasteiger partial charge in [-0.2, -0.15) is 10.1 Å². The van der Waals surface area contributed by atoms with Crippen LogP contribution in [0.4, 0.5) is 0 Å². The van der Waals surface area contributed by atoms with Gasteiger partial charge in [0.1, 0.15) is 5.69 Å². The fraction of sp³-hybridized carbons (Fsp3) is 0.294. The predicted octanol–water partition coefficient (Wildman–Crippen LogP) is 2.40. The third-order valence-electron chi connectivity index (χ3n) is 4.22. The van der Waals surface area contributed by atoms with E-state index in [1.165, 1.54) is 0 Å². The smallest absolute Gasteiger partial charge is 0.274 e. The van der Waals surface area contributed by atoms with Gasteiger partial charge in [0.2, 0.25) is 11.7 Å². The van der Waals surface area contributed by atoms with E-state index in [0.717, 1.165) is 17.7 Å². The first-order valence-electron chi connectivity index (χ1n) is 7.91. The van der Waals surface area contributed by atoms with Crippen LogP contribution in [0.3, 0.4) is 0 Å². The van der Waals surface area contributed by atoms with Crippen LogP contribution in [0.2, 0.25) is 0 Å². The molecule has 0 aliphatic carbocycles. The monoisotopic (exact) mass is 323 g/mol. The maximum atomic E-state index is 12.4. The van der Waals surface area contributed by atoms with Gasteiger partial charge in [-0.05, 0) is 19.4 Å². The number of carbonyl (C=O) groups excluding carboxylic acids is 1. The van der Waals surface area contributed by atoms with Crippen LogP contribution in [0.25, 0.3) is 11.4 Å². The number of H-pyrrole nitrogens is 1. The quantitative estimate of drug-likeness (QED) is 0.799. The first kappa shape index (κ1) is 14.6. The number of benzene rings is 1. The summed E-state index contributed by atoms with van der Waals surface area (Å²) in [5, 5.41) is 10.9. The van der Waals surface area contributed by atoms with Gasteiger partial charge in [0, 0.05) is 24.3 Å². The lowest BCUT2D eigenvalue weighted by Gasteiger charge is -2.13. The number of aromatic amines is 1. The highest BCUT2D eigenvalue weighted by Gasteiger charge is 2.32. The number of aromatic nitrogens is 4. The van der Waals surface area contributed by atoms with Gasteiger partial charge < -0.3 is 9.42 Å². The Balaban J connectivity index is 1.47. The highest BCUT2D eigenvalue weighted by molar-refractivity contribution is 5.92. The molecule has 122 valence electrons. The Morgan fingerprint density at radius 3 is 2.92 bits per heavy atom. The third-order valence-corrected chi connectivity index (χ3v) is 4.22. The fourth-order valence-electron chi connectivity index (χ4n) is 2.94. The number of hydrogen-bond donors (Lipinski definition) is 1. The van der Waals surface area contributed by atoms with Crippen LogP contribution in [-0.2, 0) is 0 Å². The van der Waals surface area contributed by atoms with Gasteiger partial charge in [0.15, 0.2) is 0 Å². The van der Waals surface area contributed by atoms with E-state index in [9.17, 15) is 4.79 Å². The Labute approximate surface area is 138 Å². The van der Waals surface area contributed by atoms with Crippen LogP contribution in [-0.4, -0.2) is 44.2 Å². The van der Waals surface area contributed by atoms with Crippen molar-refractivity contribution in [2.75, 3.05) is 13.1 Å². The van der Waals surface area contributed by atoms with E-state index in [0.29, 0.717) is 30.5 Å². The Morgan fingerprint density at radius 2 is 2.17 bits per heavy atom. The van der Waals surface area contributed by atoms with Crippen LogP contribution in [0, 0.1) is 6.92 Å². The molecule has 1 aliphatic heterocycles. The van der Waals surface area contributed by atoms with Crippen LogP contribution < -0.4 is 0 Å². The summed E-state index contributed by atoms with van der Waals surface area (Å²) in [6, 6.07) is 11.5. The molecule has 1 N–H and O–H groups in total. The van der Waals surface area contributed by atoms with Crippen molar-refractivity contribution in [3.63, 3.8) is 0 Å². The minimum absolute atomic E-state index is 0.0651. The van der Waals surface area contributed by atoms with Crippen molar-refractivity contribution in [3.05, 3.63) is 53.7 Å². The van der Waals surface area contributed by atoms with Gasteiger partial charge >= 0.3 is 0 Å². The molecule has 1 saturated heterocycles. The Bertz CT molecular complexity index is 855. The summed E-state index contributed by atoms with van der Waals surface area (Å²) < 4.78 is 5.42. The lowest BCUT2D eigenvalue weighted by molar-refractivity contribution is 0.0783. The Morgan fingerprint density at radius 1 is 1.33 bits per heavy atom. The van der Waals surface area contributed by atoms with Crippen molar-refractivity contribution < 1.29 is 9.32 Å². The molecule has 3 aromatic rings. The maximum Gasteiger partial charge on any atom is 0.274 e. The average Bonchev–Trinajstić information content (AvgIpc) is 3.35. The molecule has 24 heavy (non-hydrogen) atoms. The standard InChI is InChI=1S/C17H17N5O2/c1-11-9-14(20-19-11)17(23)22-8-7-13(10-22)16-18-15(21-24-16)12-5-3-2-4-6-12/h2-6,9,13H,7-8,10H2,1H3,(H,19,20)/t13-/m1/s1. The van der Waals surface area contributed by atoms with Gasteiger partial charge in [0.25, 0.3) is 5.91 Å². The number of nitrogens with one attached hydrogen (secondary N) is 1. The molecule has 1 fully saturated rings. The molecule has 1 aromatic carbocycles. The number of carbonyl (C=O) groups is 1. The normalized spacial score (nSPS) is 17.4. The summed E-state index contributed by atoms with van der Waals surface area (Å²) in [5.41, 5.74) is 2.24. The summed E-state index contributed by atoms with van der Waals surface area (Å²) in [4.78, 5) is 18.7. The summed E-state index contributed by atoms with van der Waals surface area (Å²) in [6.07, 6.45) is 0.811. The number of likely N-dealkylation sites (tertiary alicyclic amines) is 1. The average molecular weight is 323 g/mol. The lowest BCUT2D eigenvalue weighted by atomic mass is 10.1. The van der Waals surface area contributed by atoms with Crippen LogP contribution in [0.1, 0.15) is 34.4 Å². The molecule has 1 amide bonds. The first-order chi connectivity index (χ1) is 11.7. The van der Waals surface area contributed by atoms with Crippen LogP contribution >= 0.6 is 0 Å². The number of rotatable bonds is 3. The molecule has 1 atom stereocenters. The van der Waals surface area contributed by atoms with Crippen molar-refractivity contribution in [1.82, 2.24) is 25.2 Å². The maximum absolute atomic E-state index is 12.4. The number of nitrogens with zero attached hydrogens (tertiary/aromatic N) is 4. The van der Waals surface area contributed by atoms with Crippen molar-refractivity contribution in [2.24, 2.45) is 0 Å². The topological polar surface area (TPSA) is 87.9 Å². The van der Waals surface area contributed by atoms with Crippen molar-refractivity contribution in [1.29, 1.82) is 0 Å². The van der Waals surface area contributed by atoms with E-state index < -0.39 is 0 Å². The second-order valence-corrected chi connectivity index (χ2v) is 6.00. The lowest BCUT2D eigenvalue weighted by Crippen LogP contribution is -2.28. The fourth-order valence-corrected chi connectivity index (χ4v) is 2.94. The highest BCUT2D eigenvalue weighted by atomic mass is 16.5. The molecule has 3 heterocycles. The molecular formula is C17H17N5O2. The van der Waals surface area contributed by atoms with Gasteiger partial charge in [-0.1, -0.05) is 35.5 Å². The van der Waals surface area contributed by atoms with E-state index >= 15 is 0 Å². The second kappa shape index (κ2) is 5.92. The number of hydrogen-bond acceptors (Lipinski definition) is 5. The van der Waals surface area contributed by atoms with Gasteiger partial charge in [-0.15, -0.1) is 0 Å². The molecule has 0 unspecified atom stereocenters. The molecule has 0 saturated carbocycles. The summed E-state index contributed by atoms with van der Waals surface area (Å²) in [5.74, 6) is 1.17. The van der Waals surface area contributed by atoms with Crippen LogP contribution in [0.5, 0.6) is 0 Å². The van der Waals surface area contributed by atoms with E-state index in [2.05, 4.69) is 20.3 Å². The summed E-state index contributed by atoms with van der Waals surface area (Å²) >= 11 is 0. The second-order valence-electron chi connectivity index (χ2n) is 6.00. The molecular weight excluding hydrogens is 306 g/mol. The van der Waals surface area contributed by atoms with Crippen molar-refractivity contribution in [2.45, 2.75) is 19.3 Å². The van der Waals surface area contributed by atoms with Crippen molar-refractivity contribution >= 4 is 5.91 Å². The van der Waals surface area contributed by atoms with E-state index in [-0.39, 0.29) is 11.8 Å². The Hall–Kier alpha value is -2.96. The van der Waals surface area contributed by atoms with E-state index in [1.807, 2.05) is 37.3 Å².